The van der Waals surface area contributed by atoms with E-state index in [1.54, 1.807) is 31.4 Å². The second-order valence-electron chi connectivity index (χ2n) is 7.98. The van der Waals surface area contributed by atoms with Crippen LogP contribution in [-0.4, -0.2) is 45.6 Å². The van der Waals surface area contributed by atoms with Gasteiger partial charge in [0.1, 0.15) is 5.75 Å². The molecule has 0 spiro atoms. The van der Waals surface area contributed by atoms with Crippen molar-refractivity contribution in [1.29, 1.82) is 0 Å². The van der Waals surface area contributed by atoms with Gasteiger partial charge in [0.25, 0.3) is 5.69 Å². The molecule has 1 radical (unpaired) electrons. The molecule has 0 unspecified atom stereocenters. The summed E-state index contributed by atoms with van der Waals surface area (Å²) < 4.78 is 5.00. The molecule has 2 aromatic carbocycles. The van der Waals surface area contributed by atoms with Gasteiger partial charge in [0.05, 0.1) is 29.1 Å². The number of anilines is 1. The van der Waals surface area contributed by atoms with Crippen molar-refractivity contribution in [3.05, 3.63) is 93.7 Å². The number of nitrogens with zero attached hydrogens (tertiary/aromatic N) is 1. The molecular weight excluding hydrogens is 498 g/mol. The minimum absolute atomic E-state index is 0. The Morgan fingerprint density at radius 3 is 2.05 bits per heavy atom. The van der Waals surface area contributed by atoms with E-state index in [2.05, 4.69) is 17.6 Å². The molecule has 12 heteroatoms. The van der Waals surface area contributed by atoms with Crippen molar-refractivity contribution in [1.82, 2.24) is 5.32 Å². The molecule has 12 nitrogen and oxygen atoms in total. The number of ether oxygens (including phenoxy) is 1. The Morgan fingerprint density at radius 2 is 1.61 bits per heavy atom. The second kappa shape index (κ2) is 14.1. The molecule has 0 bridgehead atoms. The molecule has 1 amide bonds. The summed E-state index contributed by atoms with van der Waals surface area (Å²) in [6.45, 7) is 6.66. The van der Waals surface area contributed by atoms with Crippen LogP contribution in [0.3, 0.4) is 0 Å². The molecule has 1 aliphatic rings. The SMILES string of the molecule is CC1=C(C(=O)O)C(c2cccc([N+](=O)[O-])c2)C(C(=O)O)=C(C)N1.O.[CH2]CCC(=O)Nc1ccc(OC)cc1. The standard InChI is InChI=1S/C15H14N2O6.C11H14NO2.H2O/c1-7-11(14(18)19)13(12(15(20)21)8(2)16-7)9-4-3-5-10(6-9)17(22)23;1-3-4-11(13)12-9-5-7-10(14-2)8-6-9;/h3-6,13,16H,1-2H3,(H,18,19)(H,20,21);5-8H,1,3-4H2,2H3,(H,12,13);1H2. The number of non-ortho nitro benzene ring substituents is 1. The van der Waals surface area contributed by atoms with Crippen molar-refractivity contribution >= 4 is 29.2 Å². The molecule has 0 aliphatic carbocycles. The van der Waals surface area contributed by atoms with Gasteiger partial charge >= 0.3 is 11.9 Å². The number of nitrogens with one attached hydrogen (secondary N) is 2. The summed E-state index contributed by atoms with van der Waals surface area (Å²) in [5.41, 5.74) is 1.11. The summed E-state index contributed by atoms with van der Waals surface area (Å²) >= 11 is 0. The molecule has 0 saturated carbocycles. The predicted molar refractivity (Wildman–Crippen MR) is 139 cm³/mol. The highest BCUT2D eigenvalue weighted by Crippen LogP contribution is 2.39. The Balaban J connectivity index is 0.000000415. The number of hydrogen-bond donors (Lipinski definition) is 4. The van der Waals surface area contributed by atoms with Crippen LogP contribution in [-0.2, 0) is 14.4 Å². The first-order valence-corrected chi connectivity index (χ1v) is 11.1. The molecule has 1 heterocycles. The highest BCUT2D eigenvalue weighted by molar-refractivity contribution is 5.98. The van der Waals surface area contributed by atoms with Crippen molar-refractivity contribution in [2.24, 2.45) is 0 Å². The number of allylic oxidation sites excluding steroid dienone is 2. The van der Waals surface area contributed by atoms with Gasteiger partial charge < -0.3 is 31.1 Å². The Labute approximate surface area is 219 Å². The third-order valence-corrected chi connectivity index (χ3v) is 5.41. The van der Waals surface area contributed by atoms with Gasteiger partial charge in [-0.1, -0.05) is 19.1 Å². The molecule has 203 valence electrons. The maximum Gasteiger partial charge on any atom is 0.334 e. The summed E-state index contributed by atoms with van der Waals surface area (Å²) in [7, 11) is 1.61. The fourth-order valence-corrected chi connectivity index (χ4v) is 3.77. The smallest absolute Gasteiger partial charge is 0.334 e. The number of nitro groups is 1. The van der Waals surface area contributed by atoms with E-state index >= 15 is 0 Å². The number of hydrogen-bond acceptors (Lipinski definition) is 7. The summed E-state index contributed by atoms with van der Waals surface area (Å²) in [6.07, 6.45) is 1.06. The molecule has 38 heavy (non-hydrogen) atoms. The van der Waals surface area contributed by atoms with Crippen molar-refractivity contribution in [2.75, 3.05) is 12.4 Å². The monoisotopic (exact) mass is 528 g/mol. The Kier molecular flexibility index (Phi) is 11.7. The van der Waals surface area contributed by atoms with Gasteiger partial charge in [0.2, 0.25) is 5.91 Å². The van der Waals surface area contributed by atoms with E-state index in [1.807, 2.05) is 0 Å². The van der Waals surface area contributed by atoms with Gasteiger partial charge in [0.15, 0.2) is 0 Å². The quantitative estimate of drug-likeness (QED) is 0.293. The van der Waals surface area contributed by atoms with Crippen LogP contribution in [0.2, 0.25) is 0 Å². The molecule has 0 fully saturated rings. The lowest BCUT2D eigenvalue weighted by Crippen LogP contribution is -2.31. The summed E-state index contributed by atoms with van der Waals surface area (Å²) in [5, 5.41) is 35.3. The van der Waals surface area contributed by atoms with Crippen LogP contribution in [0.4, 0.5) is 11.4 Å². The van der Waals surface area contributed by atoms with E-state index in [0.717, 1.165) is 11.4 Å². The van der Waals surface area contributed by atoms with Gasteiger partial charge in [-0.15, -0.1) is 0 Å². The third-order valence-electron chi connectivity index (χ3n) is 5.41. The number of methoxy groups -OCH3 is 1. The van der Waals surface area contributed by atoms with Crippen molar-refractivity contribution in [3.8, 4) is 5.75 Å². The molecule has 0 aromatic heterocycles. The zero-order valence-electron chi connectivity index (χ0n) is 21.1. The van der Waals surface area contributed by atoms with Crippen LogP contribution in [0.15, 0.2) is 71.1 Å². The van der Waals surface area contributed by atoms with Gasteiger partial charge in [0, 0.05) is 35.6 Å². The molecule has 3 rings (SSSR count). The van der Waals surface area contributed by atoms with Gasteiger partial charge in [-0.25, -0.2) is 9.59 Å². The number of carboxylic acids is 2. The highest BCUT2D eigenvalue weighted by Gasteiger charge is 2.36. The first-order valence-electron chi connectivity index (χ1n) is 11.1. The minimum atomic E-state index is -1.28. The van der Waals surface area contributed by atoms with Crippen LogP contribution in [0, 0.1) is 17.0 Å². The zero-order chi connectivity index (χ0) is 27.7. The predicted octanol–water partition coefficient (Wildman–Crippen LogP) is 3.42. The average molecular weight is 529 g/mol. The molecule has 6 N–H and O–H groups in total. The minimum Gasteiger partial charge on any atom is -0.497 e. The number of rotatable bonds is 8. The number of amides is 1. The van der Waals surface area contributed by atoms with E-state index in [0.29, 0.717) is 24.2 Å². The normalized spacial score (nSPS) is 12.8. The fraction of sp³-hybridized carbons (Fsp3) is 0.231. The summed E-state index contributed by atoms with van der Waals surface area (Å²) in [6, 6.07) is 12.6. The lowest BCUT2D eigenvalue weighted by molar-refractivity contribution is -0.384. The number of aliphatic carboxylic acids is 2. The number of dihydropyridines is 1. The van der Waals surface area contributed by atoms with Crippen LogP contribution in [0.25, 0.3) is 0 Å². The van der Waals surface area contributed by atoms with E-state index in [4.69, 9.17) is 4.74 Å². The maximum atomic E-state index is 11.6. The van der Waals surface area contributed by atoms with Gasteiger partial charge in [-0.2, -0.15) is 0 Å². The third kappa shape index (κ3) is 7.90. The topological polar surface area (TPSA) is 200 Å². The molecular formula is C26H30N3O9. The van der Waals surface area contributed by atoms with Crippen LogP contribution in [0.1, 0.15) is 38.2 Å². The molecule has 0 atom stereocenters. The summed E-state index contributed by atoms with van der Waals surface area (Å²) in [5.74, 6) is -2.88. The highest BCUT2D eigenvalue weighted by atomic mass is 16.6. The lowest BCUT2D eigenvalue weighted by atomic mass is 9.80. The largest absolute Gasteiger partial charge is 0.497 e. The number of nitro benzene ring substituents is 1. The lowest BCUT2D eigenvalue weighted by Gasteiger charge is -2.28. The van der Waals surface area contributed by atoms with Crippen molar-refractivity contribution in [2.45, 2.75) is 32.6 Å². The van der Waals surface area contributed by atoms with E-state index in [9.17, 15) is 34.7 Å². The second-order valence-corrected chi connectivity index (χ2v) is 7.98. The maximum absolute atomic E-state index is 11.6. The average Bonchev–Trinajstić information content (AvgIpc) is 2.84. The fourth-order valence-electron chi connectivity index (χ4n) is 3.77. The van der Waals surface area contributed by atoms with Gasteiger partial charge in [-0.3, -0.25) is 14.9 Å². The van der Waals surface area contributed by atoms with E-state index < -0.39 is 22.8 Å². The summed E-state index contributed by atoms with van der Waals surface area (Å²) in [4.78, 5) is 44.7. The Hall–Kier alpha value is -4.71. The first-order chi connectivity index (χ1) is 17.5. The number of carbonyl (C=O) groups is 3. The van der Waals surface area contributed by atoms with Crippen LogP contribution < -0.4 is 15.4 Å². The number of carbonyl (C=O) groups excluding carboxylic acids is 1. The first kappa shape index (κ1) is 31.3. The Bertz CT molecular complexity index is 1210. The zero-order valence-corrected chi connectivity index (χ0v) is 21.1. The van der Waals surface area contributed by atoms with Gasteiger partial charge in [-0.05, 0) is 50.1 Å². The van der Waals surface area contributed by atoms with Crippen molar-refractivity contribution < 1.29 is 39.7 Å². The number of benzene rings is 2. The van der Waals surface area contributed by atoms with E-state index in [1.165, 1.54) is 38.1 Å². The van der Waals surface area contributed by atoms with Crippen molar-refractivity contribution in [3.63, 3.8) is 0 Å². The molecule has 1 aliphatic heterocycles. The van der Waals surface area contributed by atoms with E-state index in [-0.39, 0.29) is 33.8 Å². The Morgan fingerprint density at radius 1 is 1.05 bits per heavy atom. The molecule has 2 aromatic rings. The van der Waals surface area contributed by atoms with Crippen LogP contribution in [0.5, 0.6) is 5.75 Å². The number of carboxylic acid groups (broad SMARTS) is 2. The molecule has 0 saturated heterocycles. The van der Waals surface area contributed by atoms with Crippen LogP contribution >= 0.6 is 0 Å².